The smallest absolute Gasteiger partial charge is 0.207 e. The number of hydrogen-bond acceptors (Lipinski definition) is 2. The monoisotopic (exact) mass is 417 g/mol. The van der Waals surface area contributed by atoms with Gasteiger partial charge in [-0.2, -0.15) is 26.3 Å². The molecule has 0 spiro atoms. The summed E-state index contributed by atoms with van der Waals surface area (Å²) in [7, 11) is -4.41. The first-order chi connectivity index (χ1) is 11.8. The Labute approximate surface area is 149 Å². The Morgan fingerprint density at radius 1 is 0.846 bits per heavy atom. The van der Waals surface area contributed by atoms with Crippen LogP contribution < -0.4 is 4.72 Å². The largest absolute Gasteiger partial charge is 0.416 e. The fourth-order valence-electron chi connectivity index (χ4n) is 1.95. The molecule has 0 bridgehead atoms. The highest BCUT2D eigenvalue weighted by molar-refractivity contribution is 7.89. The van der Waals surface area contributed by atoms with Crippen molar-refractivity contribution in [3.05, 3.63) is 64.2 Å². The van der Waals surface area contributed by atoms with E-state index in [-0.39, 0.29) is 5.56 Å². The van der Waals surface area contributed by atoms with Gasteiger partial charge in [0.1, 0.15) is 4.90 Å². The molecule has 11 heteroatoms. The number of alkyl halides is 6. The summed E-state index contributed by atoms with van der Waals surface area (Å²) in [4.78, 5) is -0.777. The summed E-state index contributed by atoms with van der Waals surface area (Å²) >= 11 is 5.67. The average Bonchev–Trinajstić information content (AvgIpc) is 2.51. The number of hydrogen-bond donors (Lipinski definition) is 1. The van der Waals surface area contributed by atoms with Crippen molar-refractivity contribution in [2.24, 2.45) is 0 Å². The summed E-state index contributed by atoms with van der Waals surface area (Å²) in [5.41, 5.74) is -1.92. The van der Waals surface area contributed by atoms with Crippen molar-refractivity contribution >= 4 is 21.6 Å². The normalized spacial score (nSPS) is 13.0. The van der Waals surface area contributed by atoms with Gasteiger partial charge in [-0.3, -0.25) is 0 Å². The van der Waals surface area contributed by atoms with Crippen LogP contribution in [0.5, 0.6) is 0 Å². The number of benzene rings is 2. The van der Waals surface area contributed by atoms with Crippen molar-refractivity contribution in [3.8, 4) is 0 Å². The first-order valence-electron chi connectivity index (χ1n) is 6.83. The van der Waals surface area contributed by atoms with Crippen LogP contribution in [0.15, 0.2) is 47.4 Å². The molecule has 0 saturated heterocycles. The maximum Gasteiger partial charge on any atom is 0.416 e. The summed E-state index contributed by atoms with van der Waals surface area (Å²) in [5.74, 6) is 0. The number of nitrogens with one attached hydrogen (secondary N) is 1. The van der Waals surface area contributed by atoms with E-state index in [1.165, 1.54) is 0 Å². The molecule has 26 heavy (non-hydrogen) atoms. The zero-order valence-electron chi connectivity index (χ0n) is 12.6. The molecule has 0 heterocycles. The predicted molar refractivity (Wildman–Crippen MR) is 81.9 cm³/mol. The molecular formula is C15H10ClF6NO2S. The lowest BCUT2D eigenvalue weighted by atomic mass is 10.1. The second-order valence-electron chi connectivity index (χ2n) is 5.16. The second kappa shape index (κ2) is 7.09. The molecule has 2 aromatic rings. The third-order valence-corrected chi connectivity index (χ3v) is 5.18. The topological polar surface area (TPSA) is 46.2 Å². The van der Waals surface area contributed by atoms with Crippen molar-refractivity contribution in [3.63, 3.8) is 0 Å². The van der Waals surface area contributed by atoms with Crippen LogP contribution in [-0.2, 0) is 28.9 Å². The minimum atomic E-state index is -4.76. The molecule has 0 aliphatic heterocycles. The van der Waals surface area contributed by atoms with E-state index in [9.17, 15) is 34.8 Å². The van der Waals surface area contributed by atoms with Crippen molar-refractivity contribution < 1.29 is 34.8 Å². The molecule has 1 N–H and O–H groups in total. The van der Waals surface area contributed by atoms with E-state index in [2.05, 4.69) is 0 Å². The molecule has 0 radical (unpaired) electrons. The van der Waals surface area contributed by atoms with Crippen molar-refractivity contribution in [2.75, 3.05) is 0 Å². The quantitative estimate of drug-likeness (QED) is 0.722. The third kappa shape index (κ3) is 4.89. The van der Waals surface area contributed by atoms with Gasteiger partial charge in [-0.05, 0) is 35.9 Å². The molecule has 0 atom stereocenters. The van der Waals surface area contributed by atoms with Gasteiger partial charge in [0.2, 0.25) is 10.0 Å². The molecule has 0 saturated carbocycles. The van der Waals surface area contributed by atoms with Crippen molar-refractivity contribution in [1.82, 2.24) is 4.72 Å². The number of halogens is 7. The van der Waals surface area contributed by atoms with Crippen LogP contribution in [0.3, 0.4) is 0 Å². The van der Waals surface area contributed by atoms with Gasteiger partial charge in [0.15, 0.2) is 0 Å². The van der Waals surface area contributed by atoms with E-state index >= 15 is 0 Å². The Kier molecular flexibility index (Phi) is 5.60. The lowest BCUT2D eigenvalue weighted by Gasteiger charge is -2.12. The molecule has 0 aliphatic rings. The molecule has 2 rings (SSSR count). The highest BCUT2D eigenvalue weighted by atomic mass is 35.5. The van der Waals surface area contributed by atoms with Crippen molar-refractivity contribution in [1.29, 1.82) is 0 Å². The van der Waals surface area contributed by atoms with Gasteiger partial charge in [0.25, 0.3) is 0 Å². The van der Waals surface area contributed by atoms with Gasteiger partial charge < -0.3 is 0 Å². The summed E-state index contributed by atoms with van der Waals surface area (Å²) < 4.78 is 102. The van der Waals surface area contributed by atoms with Crippen molar-refractivity contribution in [2.45, 2.75) is 23.8 Å². The highest BCUT2D eigenvalue weighted by Crippen LogP contribution is 2.33. The van der Waals surface area contributed by atoms with Gasteiger partial charge in [-0.15, -0.1) is 0 Å². The zero-order chi connectivity index (χ0) is 19.8. The summed E-state index contributed by atoms with van der Waals surface area (Å²) in [6, 6.07) is 5.46. The van der Waals surface area contributed by atoms with E-state index in [1.54, 1.807) is 0 Å². The molecule has 2 aromatic carbocycles. The Morgan fingerprint density at radius 2 is 1.35 bits per heavy atom. The molecule has 0 amide bonds. The Morgan fingerprint density at radius 3 is 1.85 bits per heavy atom. The van der Waals surface area contributed by atoms with Gasteiger partial charge >= 0.3 is 12.4 Å². The SMILES string of the molecule is O=S(=O)(NCc1ccc(C(F)(F)F)cc1)c1cc(C(F)(F)F)ccc1Cl. The first kappa shape index (κ1) is 20.5. The molecule has 3 nitrogen and oxygen atoms in total. The first-order valence-corrected chi connectivity index (χ1v) is 8.69. The Hall–Kier alpha value is -1.78. The van der Waals surface area contributed by atoms with Gasteiger partial charge in [0, 0.05) is 6.54 Å². The molecule has 0 aromatic heterocycles. The predicted octanol–water partition coefficient (Wildman–Crippen LogP) is 4.86. The summed E-state index contributed by atoms with van der Waals surface area (Å²) in [6.07, 6.45) is -9.30. The van der Waals surface area contributed by atoms with E-state index < -0.39 is 50.0 Å². The summed E-state index contributed by atoms with van der Waals surface area (Å²) in [5, 5.41) is -0.419. The fourth-order valence-corrected chi connectivity index (χ4v) is 3.49. The van der Waals surface area contributed by atoms with Gasteiger partial charge in [0.05, 0.1) is 16.1 Å². The number of sulfonamides is 1. The minimum absolute atomic E-state index is 0.185. The molecule has 0 aliphatic carbocycles. The van der Waals surface area contributed by atoms with E-state index in [0.717, 1.165) is 30.3 Å². The van der Waals surface area contributed by atoms with Crippen LogP contribution in [0, 0.1) is 0 Å². The molecule has 0 unspecified atom stereocenters. The molecule has 0 fully saturated rings. The van der Waals surface area contributed by atoms with Crippen LogP contribution >= 0.6 is 11.6 Å². The van der Waals surface area contributed by atoms with Crippen LogP contribution in [0.2, 0.25) is 5.02 Å². The Balaban J connectivity index is 2.22. The molecular weight excluding hydrogens is 408 g/mol. The van der Waals surface area contributed by atoms with Crippen LogP contribution in [-0.4, -0.2) is 8.42 Å². The highest BCUT2D eigenvalue weighted by Gasteiger charge is 2.33. The van der Waals surface area contributed by atoms with E-state index in [4.69, 9.17) is 11.6 Å². The van der Waals surface area contributed by atoms with E-state index in [1.807, 2.05) is 4.72 Å². The van der Waals surface area contributed by atoms with E-state index in [0.29, 0.717) is 12.1 Å². The zero-order valence-corrected chi connectivity index (χ0v) is 14.2. The fraction of sp³-hybridized carbons (Fsp3) is 0.200. The van der Waals surface area contributed by atoms with Crippen LogP contribution in [0.1, 0.15) is 16.7 Å². The van der Waals surface area contributed by atoms with Crippen LogP contribution in [0.4, 0.5) is 26.3 Å². The second-order valence-corrected chi connectivity index (χ2v) is 7.30. The average molecular weight is 418 g/mol. The standard InChI is InChI=1S/C15H10ClF6NO2S/c16-12-6-5-11(15(20,21)22)7-13(12)26(24,25)23-8-9-1-3-10(4-2-9)14(17,18)19/h1-7,23H,8H2. The van der Waals surface area contributed by atoms with Gasteiger partial charge in [-0.25, -0.2) is 13.1 Å². The maximum absolute atomic E-state index is 12.7. The Bertz CT molecular complexity index is 892. The third-order valence-electron chi connectivity index (χ3n) is 3.30. The van der Waals surface area contributed by atoms with Gasteiger partial charge in [-0.1, -0.05) is 23.7 Å². The maximum atomic E-state index is 12.7. The lowest BCUT2D eigenvalue weighted by molar-refractivity contribution is -0.138. The lowest BCUT2D eigenvalue weighted by Crippen LogP contribution is -2.24. The number of rotatable bonds is 4. The molecule has 142 valence electrons. The summed E-state index contributed by atoms with van der Waals surface area (Å²) in [6.45, 7) is -0.424. The minimum Gasteiger partial charge on any atom is -0.207 e. The van der Waals surface area contributed by atoms with Crippen LogP contribution in [0.25, 0.3) is 0 Å².